The molecule has 98 valence electrons. The maximum atomic E-state index is 8.79. The number of rotatable bonds is 6. The fraction of sp³-hybridized carbons (Fsp3) is 0.533. The van der Waals surface area contributed by atoms with Gasteiger partial charge in [-0.15, -0.1) is 0 Å². The van der Waals surface area contributed by atoms with Gasteiger partial charge in [0, 0.05) is 0 Å². The summed E-state index contributed by atoms with van der Waals surface area (Å²) in [6.07, 6.45) is 1.43. The van der Waals surface area contributed by atoms with Crippen molar-refractivity contribution in [1.82, 2.24) is 0 Å². The van der Waals surface area contributed by atoms with Gasteiger partial charge in [0.05, 0.1) is 12.7 Å². The molecule has 0 bridgehead atoms. The summed E-state index contributed by atoms with van der Waals surface area (Å²) in [6.45, 7) is 6.65. The van der Waals surface area contributed by atoms with Crippen molar-refractivity contribution in [2.24, 2.45) is 5.73 Å². The molecule has 0 aliphatic heterocycles. The first-order valence-corrected chi connectivity index (χ1v) is 6.37. The summed E-state index contributed by atoms with van der Waals surface area (Å²) in [5.41, 5.74) is 6.27. The van der Waals surface area contributed by atoms with Crippen molar-refractivity contribution in [3.05, 3.63) is 29.8 Å². The van der Waals surface area contributed by atoms with Crippen LogP contribution < -0.4 is 10.5 Å². The Morgan fingerprint density at radius 2 is 2.17 bits per heavy atom. The average Bonchev–Trinajstić information content (AvgIpc) is 2.35. The van der Waals surface area contributed by atoms with Crippen LogP contribution in [0.3, 0.4) is 0 Å². The minimum atomic E-state index is -0.747. The van der Waals surface area contributed by atoms with Gasteiger partial charge in [-0.05, 0) is 43.4 Å². The highest BCUT2D eigenvalue weighted by molar-refractivity contribution is 5.30. The molecule has 18 heavy (non-hydrogen) atoms. The van der Waals surface area contributed by atoms with Gasteiger partial charge in [0.2, 0.25) is 0 Å². The maximum Gasteiger partial charge on any atom is 0.119 e. The summed E-state index contributed by atoms with van der Waals surface area (Å²) in [4.78, 5) is 0. The second-order valence-corrected chi connectivity index (χ2v) is 5.21. The lowest BCUT2D eigenvalue weighted by atomic mass is 10.00. The van der Waals surface area contributed by atoms with Crippen LogP contribution in [-0.4, -0.2) is 12.1 Å². The Kier molecular flexibility index (Phi) is 5.18. The summed E-state index contributed by atoms with van der Waals surface area (Å²) >= 11 is 0. The van der Waals surface area contributed by atoms with E-state index in [-0.39, 0.29) is 0 Å². The number of hydrogen-bond acceptors (Lipinski definition) is 3. The molecular formula is C15H22N2O. The van der Waals surface area contributed by atoms with Crippen molar-refractivity contribution in [3.63, 3.8) is 0 Å². The maximum absolute atomic E-state index is 8.79. The first-order chi connectivity index (χ1) is 8.44. The van der Waals surface area contributed by atoms with E-state index in [4.69, 9.17) is 15.7 Å². The van der Waals surface area contributed by atoms with E-state index in [1.54, 1.807) is 6.92 Å². The van der Waals surface area contributed by atoms with Gasteiger partial charge < -0.3 is 10.5 Å². The lowest BCUT2D eigenvalue weighted by Crippen LogP contribution is -2.34. The highest BCUT2D eigenvalue weighted by Crippen LogP contribution is 2.20. The van der Waals surface area contributed by atoms with E-state index >= 15 is 0 Å². The van der Waals surface area contributed by atoms with Gasteiger partial charge in [-0.3, -0.25) is 0 Å². The molecule has 1 atom stereocenters. The fourth-order valence-electron chi connectivity index (χ4n) is 1.65. The van der Waals surface area contributed by atoms with Crippen LogP contribution >= 0.6 is 0 Å². The Morgan fingerprint density at radius 1 is 1.44 bits per heavy atom. The van der Waals surface area contributed by atoms with Crippen LogP contribution in [0.5, 0.6) is 5.75 Å². The van der Waals surface area contributed by atoms with E-state index in [1.807, 2.05) is 12.1 Å². The lowest BCUT2D eigenvalue weighted by molar-refractivity contribution is 0.295. The molecule has 0 radical (unpaired) electrons. The minimum Gasteiger partial charge on any atom is -0.494 e. The quantitative estimate of drug-likeness (QED) is 0.784. The van der Waals surface area contributed by atoms with Crippen LogP contribution in [0.4, 0.5) is 0 Å². The number of hydrogen-bond donors (Lipinski definition) is 1. The number of nitrogens with zero attached hydrogens (tertiary/aromatic N) is 1. The molecule has 1 aromatic carbocycles. The van der Waals surface area contributed by atoms with Crippen LogP contribution in [0, 0.1) is 11.3 Å². The van der Waals surface area contributed by atoms with E-state index in [1.165, 1.54) is 5.56 Å². The zero-order valence-electron chi connectivity index (χ0n) is 11.4. The predicted octanol–water partition coefficient (Wildman–Crippen LogP) is 3.21. The van der Waals surface area contributed by atoms with E-state index in [2.05, 4.69) is 32.0 Å². The van der Waals surface area contributed by atoms with Crippen LogP contribution in [-0.2, 0) is 0 Å². The van der Waals surface area contributed by atoms with Crippen molar-refractivity contribution < 1.29 is 4.74 Å². The Morgan fingerprint density at radius 3 is 2.78 bits per heavy atom. The third-order valence-corrected chi connectivity index (χ3v) is 2.89. The molecular weight excluding hydrogens is 224 g/mol. The summed E-state index contributed by atoms with van der Waals surface area (Å²) in [5, 5.41) is 8.79. The summed E-state index contributed by atoms with van der Waals surface area (Å²) in [5.74, 6) is 1.39. The van der Waals surface area contributed by atoms with Crippen molar-refractivity contribution in [2.75, 3.05) is 6.61 Å². The van der Waals surface area contributed by atoms with Crippen molar-refractivity contribution in [3.8, 4) is 11.8 Å². The Hall–Kier alpha value is -1.53. The van der Waals surface area contributed by atoms with Crippen LogP contribution in [0.2, 0.25) is 0 Å². The van der Waals surface area contributed by atoms with Crippen molar-refractivity contribution in [2.45, 2.75) is 45.1 Å². The molecule has 0 spiro atoms. The molecule has 0 amide bonds. The van der Waals surface area contributed by atoms with Gasteiger partial charge in [0.1, 0.15) is 11.3 Å². The Labute approximate surface area is 110 Å². The molecule has 0 heterocycles. The first-order valence-electron chi connectivity index (χ1n) is 6.37. The molecule has 0 aliphatic carbocycles. The van der Waals surface area contributed by atoms with Gasteiger partial charge >= 0.3 is 0 Å². The van der Waals surface area contributed by atoms with E-state index in [0.29, 0.717) is 18.9 Å². The Balaban J connectivity index is 2.41. The third kappa shape index (κ3) is 4.77. The molecule has 0 saturated carbocycles. The van der Waals surface area contributed by atoms with Crippen LogP contribution in [0.15, 0.2) is 24.3 Å². The number of ether oxygens (including phenoxy) is 1. The minimum absolute atomic E-state index is 0.500. The zero-order valence-corrected chi connectivity index (χ0v) is 11.4. The van der Waals surface area contributed by atoms with Crippen molar-refractivity contribution in [1.29, 1.82) is 5.26 Å². The van der Waals surface area contributed by atoms with Crippen LogP contribution in [0.25, 0.3) is 0 Å². The fourth-order valence-corrected chi connectivity index (χ4v) is 1.65. The molecule has 0 aromatic heterocycles. The topological polar surface area (TPSA) is 59.0 Å². The Bertz CT molecular complexity index is 419. The zero-order chi connectivity index (χ0) is 13.6. The second-order valence-electron chi connectivity index (χ2n) is 5.21. The smallest absolute Gasteiger partial charge is 0.119 e. The standard InChI is InChI=1S/C15H22N2O/c1-12(2)13-6-4-7-14(10-13)18-9-5-8-15(3,17)11-16/h4,6-7,10,12H,5,8-9,17H2,1-3H3. The van der Waals surface area contributed by atoms with Gasteiger partial charge in [-0.1, -0.05) is 26.0 Å². The van der Waals surface area contributed by atoms with E-state index < -0.39 is 5.54 Å². The van der Waals surface area contributed by atoms with Gasteiger partial charge in [0.15, 0.2) is 0 Å². The molecule has 0 saturated heterocycles. The third-order valence-electron chi connectivity index (χ3n) is 2.89. The number of benzene rings is 1. The summed E-state index contributed by atoms with van der Waals surface area (Å²) in [6, 6.07) is 10.2. The largest absolute Gasteiger partial charge is 0.494 e. The molecule has 3 heteroatoms. The monoisotopic (exact) mass is 246 g/mol. The highest BCUT2D eigenvalue weighted by atomic mass is 16.5. The SMILES string of the molecule is CC(C)c1cccc(OCCCC(C)(N)C#N)c1. The van der Waals surface area contributed by atoms with E-state index in [0.717, 1.165) is 12.2 Å². The lowest BCUT2D eigenvalue weighted by Gasteiger charge is -2.15. The number of nitriles is 1. The molecule has 0 fully saturated rings. The molecule has 0 aliphatic rings. The highest BCUT2D eigenvalue weighted by Gasteiger charge is 2.16. The summed E-state index contributed by atoms with van der Waals surface area (Å²) < 4.78 is 5.67. The molecule has 1 aromatic rings. The van der Waals surface area contributed by atoms with Gasteiger partial charge in [-0.25, -0.2) is 0 Å². The average molecular weight is 246 g/mol. The van der Waals surface area contributed by atoms with E-state index in [9.17, 15) is 0 Å². The molecule has 2 N–H and O–H groups in total. The second kappa shape index (κ2) is 6.42. The normalized spacial score (nSPS) is 14.0. The predicted molar refractivity (Wildman–Crippen MR) is 73.5 cm³/mol. The number of nitrogens with two attached hydrogens (primary N) is 1. The van der Waals surface area contributed by atoms with Gasteiger partial charge in [0.25, 0.3) is 0 Å². The first kappa shape index (κ1) is 14.5. The molecule has 1 unspecified atom stereocenters. The summed E-state index contributed by atoms with van der Waals surface area (Å²) in [7, 11) is 0. The van der Waals surface area contributed by atoms with Gasteiger partial charge in [-0.2, -0.15) is 5.26 Å². The molecule has 1 rings (SSSR count). The van der Waals surface area contributed by atoms with Crippen LogP contribution in [0.1, 0.15) is 45.1 Å². The molecule has 3 nitrogen and oxygen atoms in total. The van der Waals surface area contributed by atoms with Crippen molar-refractivity contribution >= 4 is 0 Å².